The smallest absolute Gasteiger partial charge is 0.140 e. The fraction of sp³-hybridized carbons (Fsp3) is 0.333. The molecule has 0 fully saturated rings. The number of methoxy groups -OCH3 is 2. The third kappa shape index (κ3) is 2.90. The van der Waals surface area contributed by atoms with Crippen LogP contribution in [-0.2, 0) is 9.47 Å². The summed E-state index contributed by atoms with van der Waals surface area (Å²) in [6, 6.07) is 0. The van der Waals surface area contributed by atoms with E-state index in [9.17, 15) is 0 Å². The van der Waals surface area contributed by atoms with Crippen LogP contribution in [-0.4, -0.2) is 14.2 Å². The molecule has 15 heavy (non-hydrogen) atoms. The van der Waals surface area contributed by atoms with Crippen LogP contribution in [0.2, 0.25) is 0 Å². The van der Waals surface area contributed by atoms with Gasteiger partial charge in [-0.25, -0.2) is 0 Å². The van der Waals surface area contributed by atoms with Crippen molar-refractivity contribution in [2.45, 2.75) is 13.3 Å². The molecule has 0 heterocycles. The second-order valence-corrected chi connectivity index (χ2v) is 3.47. The van der Waals surface area contributed by atoms with Gasteiger partial charge in [0, 0.05) is 6.42 Å². The fourth-order valence-electron chi connectivity index (χ4n) is 1.36. The Kier molecular flexibility index (Phi) is 4.50. The third-order valence-electron chi connectivity index (χ3n) is 2.12. The van der Waals surface area contributed by atoms with Gasteiger partial charge in [-0.2, -0.15) is 0 Å². The highest BCUT2D eigenvalue weighted by molar-refractivity contribution is 6.32. The molecule has 0 aliphatic heterocycles. The maximum Gasteiger partial charge on any atom is 0.140 e. The fourth-order valence-corrected chi connectivity index (χ4v) is 1.65. The Morgan fingerprint density at radius 1 is 1.27 bits per heavy atom. The van der Waals surface area contributed by atoms with Gasteiger partial charge in [0.15, 0.2) is 0 Å². The van der Waals surface area contributed by atoms with Gasteiger partial charge in [0.2, 0.25) is 0 Å². The second kappa shape index (κ2) is 5.66. The van der Waals surface area contributed by atoms with E-state index in [0.717, 1.165) is 11.3 Å². The molecule has 0 aromatic rings. The molecular weight excluding hydrogens is 212 g/mol. The van der Waals surface area contributed by atoms with Gasteiger partial charge in [-0.1, -0.05) is 29.8 Å². The average Bonchev–Trinajstić information content (AvgIpc) is 2.39. The molecule has 0 N–H and O–H groups in total. The van der Waals surface area contributed by atoms with Gasteiger partial charge in [-0.15, -0.1) is 0 Å². The summed E-state index contributed by atoms with van der Waals surface area (Å²) >= 11 is 6.12. The number of hydrogen-bond acceptors (Lipinski definition) is 2. The maximum atomic E-state index is 6.12. The Morgan fingerprint density at radius 3 is 2.53 bits per heavy atom. The zero-order valence-corrected chi connectivity index (χ0v) is 9.97. The van der Waals surface area contributed by atoms with E-state index in [1.807, 2.05) is 31.2 Å². The molecule has 0 saturated carbocycles. The van der Waals surface area contributed by atoms with E-state index in [2.05, 4.69) is 0 Å². The quantitative estimate of drug-likeness (QED) is 0.733. The summed E-state index contributed by atoms with van der Waals surface area (Å²) in [6.45, 7) is 1.98. The van der Waals surface area contributed by atoms with Gasteiger partial charge in [0.25, 0.3) is 0 Å². The molecule has 0 unspecified atom stereocenters. The number of ether oxygens (including phenoxy) is 2. The molecule has 1 aliphatic carbocycles. The van der Waals surface area contributed by atoms with E-state index in [-0.39, 0.29) is 0 Å². The van der Waals surface area contributed by atoms with Crippen LogP contribution in [0.3, 0.4) is 0 Å². The summed E-state index contributed by atoms with van der Waals surface area (Å²) in [5.74, 6) is 1.36. The summed E-state index contributed by atoms with van der Waals surface area (Å²) in [4.78, 5) is 0. The molecule has 3 heteroatoms. The summed E-state index contributed by atoms with van der Waals surface area (Å²) in [7, 11) is 3.21. The minimum absolute atomic E-state index is 0.538. The van der Waals surface area contributed by atoms with E-state index in [1.165, 1.54) is 0 Å². The minimum atomic E-state index is 0.538. The van der Waals surface area contributed by atoms with Crippen LogP contribution in [0.4, 0.5) is 0 Å². The van der Waals surface area contributed by atoms with Gasteiger partial charge in [-0.05, 0) is 18.6 Å². The van der Waals surface area contributed by atoms with Crippen molar-refractivity contribution < 1.29 is 9.47 Å². The van der Waals surface area contributed by atoms with Crippen molar-refractivity contribution in [3.05, 3.63) is 46.4 Å². The standard InChI is InChI=1S/C12H15ClO2/c1-4-5-9-6-7-10(14-2)12(13)11(8-9)15-3/h4-7H,8H2,1-3H3/b5-4+. The van der Waals surface area contributed by atoms with E-state index in [4.69, 9.17) is 21.1 Å². The summed E-state index contributed by atoms with van der Waals surface area (Å²) in [6.07, 6.45) is 8.52. The lowest BCUT2D eigenvalue weighted by atomic mass is 10.1. The summed E-state index contributed by atoms with van der Waals surface area (Å²) < 4.78 is 10.4. The van der Waals surface area contributed by atoms with E-state index >= 15 is 0 Å². The number of rotatable bonds is 3. The molecule has 82 valence electrons. The van der Waals surface area contributed by atoms with Crippen molar-refractivity contribution in [3.63, 3.8) is 0 Å². The number of hydrogen-bond donors (Lipinski definition) is 0. The lowest BCUT2D eigenvalue weighted by Crippen LogP contribution is -1.94. The normalized spacial score (nSPS) is 17.3. The SMILES string of the molecule is C/C=C/C1=CC=C(OC)C(Cl)=C(OC)C1. The minimum Gasteiger partial charge on any atom is -0.499 e. The molecule has 0 atom stereocenters. The van der Waals surface area contributed by atoms with E-state index < -0.39 is 0 Å². The predicted octanol–water partition coefficient (Wildman–Crippen LogP) is 3.52. The van der Waals surface area contributed by atoms with Gasteiger partial charge in [-0.3, -0.25) is 0 Å². The molecule has 0 spiro atoms. The molecule has 0 bridgehead atoms. The molecule has 1 rings (SSSR count). The van der Waals surface area contributed by atoms with Crippen molar-refractivity contribution >= 4 is 11.6 Å². The summed E-state index contributed by atoms with van der Waals surface area (Å²) in [5, 5.41) is 0.538. The molecule has 2 nitrogen and oxygen atoms in total. The molecule has 0 amide bonds. The number of allylic oxidation sites excluding steroid dienone is 6. The predicted molar refractivity (Wildman–Crippen MR) is 62.5 cm³/mol. The first-order valence-corrected chi connectivity index (χ1v) is 5.11. The average molecular weight is 227 g/mol. The monoisotopic (exact) mass is 226 g/mol. The zero-order valence-electron chi connectivity index (χ0n) is 9.21. The second-order valence-electron chi connectivity index (χ2n) is 3.09. The first kappa shape index (κ1) is 11.9. The maximum absolute atomic E-state index is 6.12. The van der Waals surface area contributed by atoms with Crippen molar-refractivity contribution in [1.82, 2.24) is 0 Å². The van der Waals surface area contributed by atoms with Crippen LogP contribution in [0.1, 0.15) is 13.3 Å². The first-order chi connectivity index (χ1) is 7.22. The number of halogens is 1. The molecule has 0 aromatic heterocycles. The molecule has 0 aromatic carbocycles. The van der Waals surface area contributed by atoms with Crippen LogP contribution < -0.4 is 0 Å². The van der Waals surface area contributed by atoms with Crippen molar-refractivity contribution in [2.75, 3.05) is 14.2 Å². The van der Waals surface area contributed by atoms with Crippen molar-refractivity contribution in [3.8, 4) is 0 Å². The molecule has 0 radical (unpaired) electrons. The van der Waals surface area contributed by atoms with Crippen LogP contribution in [0.25, 0.3) is 0 Å². The zero-order chi connectivity index (χ0) is 11.3. The van der Waals surface area contributed by atoms with Crippen LogP contribution in [0.15, 0.2) is 46.4 Å². The van der Waals surface area contributed by atoms with Crippen LogP contribution in [0, 0.1) is 0 Å². The lowest BCUT2D eigenvalue weighted by Gasteiger charge is -2.09. The molecule has 1 aliphatic rings. The van der Waals surface area contributed by atoms with Crippen LogP contribution >= 0.6 is 11.6 Å². The largest absolute Gasteiger partial charge is 0.499 e. The van der Waals surface area contributed by atoms with Crippen molar-refractivity contribution in [2.24, 2.45) is 0 Å². The third-order valence-corrected chi connectivity index (χ3v) is 2.52. The van der Waals surface area contributed by atoms with Crippen LogP contribution in [0.5, 0.6) is 0 Å². The Morgan fingerprint density at radius 2 is 2.00 bits per heavy atom. The van der Waals surface area contributed by atoms with E-state index in [1.54, 1.807) is 14.2 Å². The van der Waals surface area contributed by atoms with Crippen molar-refractivity contribution in [1.29, 1.82) is 0 Å². The Balaban J connectivity index is 3.08. The first-order valence-electron chi connectivity index (χ1n) is 4.73. The molecular formula is C12H15ClO2. The van der Waals surface area contributed by atoms with Gasteiger partial charge in [0.1, 0.15) is 16.6 Å². The lowest BCUT2D eigenvalue weighted by molar-refractivity contribution is 0.268. The highest BCUT2D eigenvalue weighted by Gasteiger charge is 2.14. The highest BCUT2D eigenvalue weighted by atomic mass is 35.5. The van der Waals surface area contributed by atoms with Gasteiger partial charge >= 0.3 is 0 Å². The van der Waals surface area contributed by atoms with E-state index in [0.29, 0.717) is 17.2 Å². The summed E-state index contributed by atoms with van der Waals surface area (Å²) in [5.41, 5.74) is 1.14. The highest BCUT2D eigenvalue weighted by Crippen LogP contribution is 2.28. The Labute approximate surface area is 95.5 Å². The molecule has 0 saturated heterocycles. The van der Waals surface area contributed by atoms with Gasteiger partial charge in [0.05, 0.1) is 14.2 Å². The topological polar surface area (TPSA) is 18.5 Å². The van der Waals surface area contributed by atoms with Gasteiger partial charge < -0.3 is 9.47 Å². The Hall–Kier alpha value is -1.15. The Bertz CT molecular complexity index is 341.